The van der Waals surface area contributed by atoms with Gasteiger partial charge in [-0.25, -0.2) is 4.39 Å². The fraction of sp³-hybridized carbons (Fsp3) is 0.387. The van der Waals surface area contributed by atoms with Gasteiger partial charge in [0.2, 0.25) is 0 Å². The number of allylic oxidation sites excluding steroid dienone is 2. The molecule has 1 fully saturated rings. The highest BCUT2D eigenvalue weighted by molar-refractivity contribution is 5.83. The SMILES string of the molecule is C=CC1(F)CCC(CC2C=C(c3ccc(C#N)cc3)c3ncc(-c4c(C)noc4C)cc3[C@H]2C)CC1. The number of alkyl halides is 1. The summed E-state index contributed by atoms with van der Waals surface area (Å²) in [5.74, 6) is 1.86. The number of pyridine rings is 1. The van der Waals surface area contributed by atoms with Crippen LogP contribution in [-0.4, -0.2) is 15.8 Å². The molecule has 5 rings (SSSR count). The van der Waals surface area contributed by atoms with Gasteiger partial charge in [0.25, 0.3) is 0 Å². The maximum absolute atomic E-state index is 14.7. The molecule has 184 valence electrons. The van der Waals surface area contributed by atoms with Gasteiger partial charge in [0, 0.05) is 22.9 Å². The fourth-order valence-corrected chi connectivity index (χ4v) is 5.97. The zero-order valence-corrected chi connectivity index (χ0v) is 21.2. The van der Waals surface area contributed by atoms with Gasteiger partial charge in [-0.3, -0.25) is 4.98 Å². The summed E-state index contributed by atoms with van der Waals surface area (Å²) in [5, 5.41) is 13.4. The first-order valence-electron chi connectivity index (χ1n) is 12.8. The van der Waals surface area contributed by atoms with E-state index in [9.17, 15) is 9.65 Å². The van der Waals surface area contributed by atoms with Crippen molar-refractivity contribution in [3.8, 4) is 17.2 Å². The Balaban J connectivity index is 1.53. The van der Waals surface area contributed by atoms with Gasteiger partial charge in [0.15, 0.2) is 0 Å². The van der Waals surface area contributed by atoms with Crippen LogP contribution in [0, 0.1) is 37.0 Å². The number of halogens is 1. The smallest absolute Gasteiger partial charge is 0.141 e. The van der Waals surface area contributed by atoms with E-state index in [1.54, 1.807) is 0 Å². The summed E-state index contributed by atoms with van der Waals surface area (Å²) < 4.78 is 20.2. The highest BCUT2D eigenvalue weighted by atomic mass is 19.1. The van der Waals surface area contributed by atoms with Gasteiger partial charge in [0.05, 0.1) is 23.0 Å². The molecular weight excluding hydrogens is 449 g/mol. The van der Waals surface area contributed by atoms with E-state index in [2.05, 4.69) is 36.9 Å². The first kappa shape index (κ1) is 24.2. The maximum atomic E-state index is 14.7. The molecule has 0 spiro atoms. The lowest BCUT2D eigenvalue weighted by Gasteiger charge is -2.36. The van der Waals surface area contributed by atoms with Crippen LogP contribution >= 0.6 is 0 Å². The van der Waals surface area contributed by atoms with Crippen molar-refractivity contribution < 1.29 is 8.91 Å². The molecule has 1 unspecified atom stereocenters. The normalized spacial score (nSPS) is 25.5. The monoisotopic (exact) mass is 481 g/mol. The molecule has 2 aliphatic carbocycles. The van der Waals surface area contributed by atoms with E-state index >= 15 is 0 Å². The molecule has 0 radical (unpaired) electrons. The van der Waals surface area contributed by atoms with E-state index < -0.39 is 5.67 Å². The van der Waals surface area contributed by atoms with Crippen LogP contribution in [0.2, 0.25) is 0 Å². The summed E-state index contributed by atoms with van der Waals surface area (Å²) >= 11 is 0. The minimum Gasteiger partial charge on any atom is -0.361 e. The third-order valence-electron chi connectivity index (χ3n) is 8.24. The van der Waals surface area contributed by atoms with Gasteiger partial charge in [-0.1, -0.05) is 42.9 Å². The Morgan fingerprint density at radius 2 is 1.92 bits per heavy atom. The zero-order chi connectivity index (χ0) is 25.4. The van der Waals surface area contributed by atoms with Crippen LogP contribution in [0.4, 0.5) is 4.39 Å². The second-order valence-corrected chi connectivity index (χ2v) is 10.5. The molecule has 0 amide bonds. The summed E-state index contributed by atoms with van der Waals surface area (Å²) in [4.78, 5) is 4.96. The predicted octanol–water partition coefficient (Wildman–Crippen LogP) is 7.86. The first-order chi connectivity index (χ1) is 17.3. The molecule has 4 nitrogen and oxygen atoms in total. The van der Waals surface area contributed by atoms with E-state index in [1.807, 2.05) is 44.3 Å². The molecule has 3 aromatic rings. The minimum absolute atomic E-state index is 0.270. The molecule has 36 heavy (non-hydrogen) atoms. The first-order valence-corrected chi connectivity index (χ1v) is 12.8. The van der Waals surface area contributed by atoms with Gasteiger partial charge in [-0.2, -0.15) is 5.26 Å². The number of hydrogen-bond acceptors (Lipinski definition) is 4. The Hall–Kier alpha value is -3.52. The highest BCUT2D eigenvalue weighted by Gasteiger charge is 2.36. The van der Waals surface area contributed by atoms with E-state index in [-0.39, 0.29) is 5.92 Å². The number of fused-ring (bicyclic) bond motifs is 1. The molecule has 2 aliphatic rings. The number of nitriles is 1. The third kappa shape index (κ3) is 4.41. The van der Waals surface area contributed by atoms with Crippen LogP contribution in [0.15, 0.2) is 59.8 Å². The molecule has 2 atom stereocenters. The van der Waals surface area contributed by atoms with Crippen LogP contribution < -0.4 is 0 Å². The number of benzene rings is 1. The molecule has 5 heteroatoms. The summed E-state index contributed by atoms with van der Waals surface area (Å²) in [6.45, 7) is 9.87. The maximum Gasteiger partial charge on any atom is 0.141 e. The van der Waals surface area contributed by atoms with Gasteiger partial charge in [-0.05, 0) is 93.0 Å². The second kappa shape index (κ2) is 9.50. The second-order valence-electron chi connectivity index (χ2n) is 10.5. The Labute approximate surface area is 212 Å². The molecule has 1 saturated carbocycles. The molecule has 0 saturated heterocycles. The third-order valence-corrected chi connectivity index (χ3v) is 8.24. The van der Waals surface area contributed by atoms with E-state index in [0.717, 1.165) is 58.7 Å². The average Bonchev–Trinajstić information content (AvgIpc) is 3.24. The highest BCUT2D eigenvalue weighted by Crippen LogP contribution is 2.46. The predicted molar refractivity (Wildman–Crippen MR) is 140 cm³/mol. The van der Waals surface area contributed by atoms with E-state index in [4.69, 9.17) is 9.51 Å². The van der Waals surface area contributed by atoms with Crippen molar-refractivity contribution in [2.75, 3.05) is 0 Å². The van der Waals surface area contributed by atoms with Crippen LogP contribution in [-0.2, 0) is 0 Å². The zero-order valence-electron chi connectivity index (χ0n) is 21.2. The van der Waals surface area contributed by atoms with Gasteiger partial charge < -0.3 is 4.52 Å². The molecule has 0 N–H and O–H groups in total. The Morgan fingerprint density at radius 1 is 1.19 bits per heavy atom. The molecule has 0 aliphatic heterocycles. The summed E-state index contributed by atoms with van der Waals surface area (Å²) in [6.07, 6.45) is 9.67. The number of nitrogens with zero attached hydrogens (tertiary/aromatic N) is 3. The number of hydrogen-bond donors (Lipinski definition) is 0. The van der Waals surface area contributed by atoms with E-state index in [0.29, 0.717) is 30.2 Å². The van der Waals surface area contributed by atoms with Gasteiger partial charge >= 0.3 is 0 Å². The Bertz CT molecular complexity index is 1330. The lowest BCUT2D eigenvalue weighted by molar-refractivity contribution is 0.124. The Kier molecular flexibility index (Phi) is 6.38. The number of aromatic nitrogens is 2. The van der Waals surface area contributed by atoms with Crippen LogP contribution in [0.1, 0.15) is 78.8 Å². The lowest BCUT2D eigenvalue weighted by Crippen LogP contribution is -2.29. The van der Waals surface area contributed by atoms with Crippen molar-refractivity contribution in [3.05, 3.63) is 89.1 Å². The molecule has 0 bridgehead atoms. The minimum atomic E-state index is -1.21. The lowest BCUT2D eigenvalue weighted by atomic mass is 9.70. The van der Waals surface area contributed by atoms with Crippen molar-refractivity contribution in [2.45, 2.75) is 64.5 Å². The van der Waals surface area contributed by atoms with Crippen molar-refractivity contribution in [1.29, 1.82) is 5.26 Å². The largest absolute Gasteiger partial charge is 0.361 e. The fourth-order valence-electron chi connectivity index (χ4n) is 5.97. The summed E-state index contributed by atoms with van der Waals surface area (Å²) in [7, 11) is 0. The van der Waals surface area contributed by atoms with Crippen LogP contribution in [0.5, 0.6) is 0 Å². The van der Waals surface area contributed by atoms with Gasteiger partial charge in [0.1, 0.15) is 11.4 Å². The van der Waals surface area contributed by atoms with Crippen molar-refractivity contribution in [2.24, 2.45) is 11.8 Å². The number of rotatable bonds is 5. The standard InChI is InChI=1S/C31H32FN3O/c1-5-31(32)12-10-22(11-13-31)14-25-15-28(24-8-6-23(17-33)7-9-24)30-27(19(25)2)16-26(18-34-30)29-20(3)35-36-21(29)4/h5-9,15-16,18-19,22,25H,1,10-14H2,2-4H3/t19-,22?,25?,31?/m0/s1. The quantitative estimate of drug-likeness (QED) is 0.348. The molecule has 2 heterocycles. The van der Waals surface area contributed by atoms with Crippen molar-refractivity contribution in [3.63, 3.8) is 0 Å². The molecule has 2 aromatic heterocycles. The van der Waals surface area contributed by atoms with E-state index in [1.165, 1.54) is 11.6 Å². The van der Waals surface area contributed by atoms with Crippen molar-refractivity contribution >= 4 is 5.57 Å². The molecular formula is C31H32FN3O. The number of aryl methyl sites for hydroxylation is 2. The van der Waals surface area contributed by atoms with Crippen LogP contribution in [0.25, 0.3) is 16.7 Å². The Morgan fingerprint density at radius 3 is 2.53 bits per heavy atom. The summed E-state index contributed by atoms with van der Waals surface area (Å²) in [5.41, 5.74) is 6.66. The topological polar surface area (TPSA) is 62.7 Å². The van der Waals surface area contributed by atoms with Gasteiger partial charge in [-0.15, -0.1) is 0 Å². The average molecular weight is 482 g/mol. The van der Waals surface area contributed by atoms with Crippen molar-refractivity contribution in [1.82, 2.24) is 10.1 Å². The van der Waals surface area contributed by atoms with Crippen LogP contribution in [0.3, 0.4) is 0 Å². The summed E-state index contributed by atoms with van der Waals surface area (Å²) in [6, 6.07) is 12.2. The molecule has 1 aromatic carbocycles.